The zero-order chi connectivity index (χ0) is 26.2. The molecule has 5 rings (SSSR count). The molecule has 2 fully saturated rings. The van der Waals surface area contributed by atoms with Crippen molar-refractivity contribution in [3.63, 3.8) is 0 Å². The summed E-state index contributed by atoms with van der Waals surface area (Å²) in [6.45, 7) is 7.72. The number of para-hydroxylation sites is 1. The lowest BCUT2D eigenvalue weighted by Gasteiger charge is -2.38. The fourth-order valence-corrected chi connectivity index (χ4v) is 7.77. The van der Waals surface area contributed by atoms with Gasteiger partial charge in [-0.2, -0.15) is 4.31 Å². The number of thiazole rings is 1. The lowest BCUT2D eigenvalue weighted by atomic mass is 9.98. The van der Waals surface area contributed by atoms with Crippen LogP contribution in [0.4, 0.5) is 5.13 Å². The highest BCUT2D eigenvalue weighted by molar-refractivity contribution is 7.89. The topological polar surface area (TPSA) is 83.0 Å². The molecule has 1 unspecified atom stereocenters. The number of aromatic nitrogens is 1. The molecule has 3 aromatic rings. The predicted molar refractivity (Wildman–Crippen MR) is 147 cm³/mol. The van der Waals surface area contributed by atoms with E-state index in [1.54, 1.807) is 42.7 Å². The van der Waals surface area contributed by atoms with Gasteiger partial charge in [0.25, 0.3) is 0 Å². The summed E-state index contributed by atoms with van der Waals surface area (Å²) in [6, 6.07) is 12.8. The Labute approximate surface area is 222 Å². The number of piperazine rings is 1. The molecule has 2 aliphatic heterocycles. The minimum Gasteiger partial charge on any atom is -0.497 e. The van der Waals surface area contributed by atoms with Crippen molar-refractivity contribution < 1.29 is 17.9 Å². The molecule has 0 radical (unpaired) electrons. The van der Waals surface area contributed by atoms with Crippen LogP contribution in [0.15, 0.2) is 47.4 Å². The van der Waals surface area contributed by atoms with Gasteiger partial charge < -0.3 is 14.5 Å². The molecule has 2 aromatic carbocycles. The Bertz CT molecular complexity index is 1360. The fourth-order valence-electron chi connectivity index (χ4n) is 5.19. The molecule has 1 amide bonds. The predicted octanol–water partition coefficient (Wildman–Crippen LogP) is 4.18. The Balaban J connectivity index is 1.22. The largest absolute Gasteiger partial charge is 0.497 e. The molecule has 198 valence electrons. The average molecular weight is 543 g/mol. The van der Waals surface area contributed by atoms with E-state index in [1.807, 2.05) is 4.90 Å². The third-order valence-corrected chi connectivity index (χ3v) is 10.3. The lowest BCUT2D eigenvalue weighted by Crippen LogP contribution is -2.53. The summed E-state index contributed by atoms with van der Waals surface area (Å²) in [5.41, 5.74) is 2.34. The van der Waals surface area contributed by atoms with Crippen LogP contribution in [0, 0.1) is 5.92 Å². The first-order valence-electron chi connectivity index (χ1n) is 12.9. The molecule has 1 aromatic heterocycles. The quantitative estimate of drug-likeness (QED) is 0.465. The van der Waals surface area contributed by atoms with Gasteiger partial charge in [0.05, 0.1) is 28.1 Å². The first-order valence-corrected chi connectivity index (χ1v) is 15.1. The Morgan fingerprint density at radius 1 is 1.05 bits per heavy atom. The Morgan fingerprint density at radius 2 is 1.78 bits per heavy atom. The van der Waals surface area contributed by atoms with Gasteiger partial charge >= 0.3 is 0 Å². The van der Waals surface area contributed by atoms with Gasteiger partial charge in [-0.3, -0.25) is 4.79 Å². The van der Waals surface area contributed by atoms with Crippen LogP contribution in [-0.2, 0) is 14.8 Å². The van der Waals surface area contributed by atoms with E-state index in [4.69, 9.17) is 9.72 Å². The number of hydrogen-bond acceptors (Lipinski definition) is 7. The van der Waals surface area contributed by atoms with Crippen LogP contribution in [0.2, 0.25) is 0 Å². The number of rotatable bonds is 6. The van der Waals surface area contributed by atoms with Gasteiger partial charge in [-0.15, -0.1) is 0 Å². The molecule has 0 bridgehead atoms. The van der Waals surface area contributed by atoms with E-state index >= 15 is 0 Å². The van der Waals surface area contributed by atoms with Gasteiger partial charge in [-0.05, 0) is 54.7 Å². The number of carbonyl (C=O) groups excluding carboxylic acids is 1. The number of ether oxygens (including phenoxy) is 1. The molecule has 37 heavy (non-hydrogen) atoms. The summed E-state index contributed by atoms with van der Waals surface area (Å²) in [4.78, 5) is 22.8. The Kier molecular flexibility index (Phi) is 7.42. The van der Waals surface area contributed by atoms with E-state index < -0.39 is 10.0 Å². The normalized spacial score (nSPS) is 19.5. The van der Waals surface area contributed by atoms with Gasteiger partial charge in [0.15, 0.2) is 5.13 Å². The van der Waals surface area contributed by atoms with Crippen molar-refractivity contribution in [3.8, 4) is 5.75 Å². The number of methoxy groups -OCH3 is 1. The number of anilines is 1. The second-order valence-corrected chi connectivity index (χ2v) is 13.0. The highest BCUT2D eigenvalue weighted by atomic mass is 32.2. The minimum atomic E-state index is -3.66. The van der Waals surface area contributed by atoms with E-state index in [9.17, 15) is 13.2 Å². The third-order valence-electron chi connectivity index (χ3n) is 7.35. The lowest BCUT2D eigenvalue weighted by molar-refractivity contribution is -0.137. The van der Waals surface area contributed by atoms with Crippen LogP contribution in [0.5, 0.6) is 5.75 Å². The van der Waals surface area contributed by atoms with Crippen molar-refractivity contribution in [1.29, 1.82) is 0 Å². The molecule has 10 heteroatoms. The van der Waals surface area contributed by atoms with Crippen molar-refractivity contribution >= 4 is 42.6 Å². The summed E-state index contributed by atoms with van der Waals surface area (Å²) < 4.78 is 34.2. The van der Waals surface area contributed by atoms with Crippen LogP contribution in [0.25, 0.3) is 10.2 Å². The number of carbonyl (C=O) groups is 1. The number of hydrogen-bond donors (Lipinski definition) is 0. The third kappa shape index (κ3) is 5.19. The number of nitrogens with zero attached hydrogens (tertiary/aromatic N) is 4. The van der Waals surface area contributed by atoms with Crippen LogP contribution >= 0.6 is 11.3 Å². The standard InChI is InChI=1S/C27H34N4O4S2/c1-19(2)23-7-4-8-24-25(23)28-27(36-24)30-16-14-29(15-17-30)26(32)20-6-5-13-31(18-20)37(33,34)22-11-9-21(35-3)10-12-22/h4,7-12,19-20H,5-6,13-18H2,1-3H3. The number of benzene rings is 2. The van der Waals surface area contributed by atoms with E-state index in [1.165, 1.54) is 14.6 Å². The second kappa shape index (κ2) is 10.6. The monoisotopic (exact) mass is 542 g/mol. The number of amides is 1. The molecule has 3 heterocycles. The van der Waals surface area contributed by atoms with E-state index in [-0.39, 0.29) is 23.3 Å². The minimum absolute atomic E-state index is 0.0562. The van der Waals surface area contributed by atoms with Crippen LogP contribution in [0.1, 0.15) is 38.2 Å². The number of fused-ring (bicyclic) bond motifs is 1. The molecular formula is C27H34N4O4S2. The first kappa shape index (κ1) is 25.9. The molecule has 0 saturated carbocycles. The van der Waals surface area contributed by atoms with E-state index in [0.717, 1.165) is 23.7 Å². The molecule has 0 spiro atoms. The van der Waals surface area contributed by atoms with Crippen molar-refractivity contribution in [2.45, 2.75) is 37.5 Å². The van der Waals surface area contributed by atoms with Gasteiger partial charge in [0, 0.05) is 39.3 Å². The van der Waals surface area contributed by atoms with Crippen molar-refractivity contribution in [1.82, 2.24) is 14.2 Å². The molecule has 0 N–H and O–H groups in total. The maximum atomic E-state index is 13.4. The maximum absolute atomic E-state index is 13.4. The highest BCUT2D eigenvalue weighted by Gasteiger charge is 2.36. The number of piperidine rings is 1. The molecule has 8 nitrogen and oxygen atoms in total. The SMILES string of the molecule is COc1ccc(S(=O)(=O)N2CCCC(C(=O)N3CCN(c4nc5c(C(C)C)cccc5s4)CC3)C2)cc1. The second-order valence-electron chi connectivity index (χ2n) is 10.0. The zero-order valence-electron chi connectivity index (χ0n) is 21.6. The summed E-state index contributed by atoms with van der Waals surface area (Å²) >= 11 is 1.71. The average Bonchev–Trinajstić information content (AvgIpc) is 3.37. The molecule has 0 aliphatic carbocycles. The van der Waals surface area contributed by atoms with Crippen LogP contribution < -0.4 is 9.64 Å². The van der Waals surface area contributed by atoms with Crippen molar-refractivity contribution in [2.24, 2.45) is 5.92 Å². The molecule has 2 aliphatic rings. The first-order chi connectivity index (χ1) is 17.8. The van der Waals surface area contributed by atoms with Crippen LogP contribution in [-0.4, -0.2) is 74.9 Å². The Morgan fingerprint density at radius 3 is 2.46 bits per heavy atom. The maximum Gasteiger partial charge on any atom is 0.243 e. The Hall–Kier alpha value is -2.69. The van der Waals surface area contributed by atoms with E-state index in [0.29, 0.717) is 44.1 Å². The molecule has 1 atom stereocenters. The van der Waals surface area contributed by atoms with E-state index in [2.05, 4.69) is 36.9 Å². The molecule has 2 saturated heterocycles. The zero-order valence-corrected chi connectivity index (χ0v) is 23.2. The highest BCUT2D eigenvalue weighted by Crippen LogP contribution is 2.34. The summed E-state index contributed by atoms with van der Waals surface area (Å²) in [5, 5.41) is 1.00. The van der Waals surface area contributed by atoms with Gasteiger partial charge in [-0.1, -0.05) is 37.3 Å². The summed E-state index contributed by atoms with van der Waals surface area (Å²) in [6.07, 6.45) is 1.39. The van der Waals surface area contributed by atoms with Gasteiger partial charge in [-0.25, -0.2) is 13.4 Å². The van der Waals surface area contributed by atoms with Crippen molar-refractivity contribution in [3.05, 3.63) is 48.0 Å². The summed E-state index contributed by atoms with van der Waals surface area (Å²) in [5.74, 6) is 0.762. The number of sulfonamides is 1. The van der Waals surface area contributed by atoms with Gasteiger partial charge in [0.2, 0.25) is 15.9 Å². The van der Waals surface area contributed by atoms with Gasteiger partial charge in [0.1, 0.15) is 5.75 Å². The fraction of sp³-hybridized carbons (Fsp3) is 0.481. The smallest absolute Gasteiger partial charge is 0.243 e. The van der Waals surface area contributed by atoms with Crippen molar-refractivity contribution in [2.75, 3.05) is 51.3 Å². The van der Waals surface area contributed by atoms with Crippen LogP contribution in [0.3, 0.4) is 0 Å². The summed E-state index contributed by atoms with van der Waals surface area (Å²) in [7, 11) is -2.11. The molecular weight excluding hydrogens is 508 g/mol.